The fourth-order valence-electron chi connectivity index (χ4n) is 2.82. The third-order valence-electron chi connectivity index (χ3n) is 4.75. The molecule has 0 spiro atoms. The molecule has 1 atom stereocenters. The average molecular weight is 363 g/mol. The minimum Gasteiger partial charge on any atom is -0.367 e. The topological polar surface area (TPSA) is 46.7 Å². The van der Waals surface area contributed by atoms with Gasteiger partial charge in [0.2, 0.25) is 0 Å². The fourth-order valence-corrected chi connectivity index (χ4v) is 4.09. The van der Waals surface area contributed by atoms with E-state index in [1.165, 1.54) is 5.57 Å². The Hall–Kier alpha value is -1.39. The average Bonchev–Trinajstić information content (AvgIpc) is 3.19. The molecule has 0 saturated carbocycles. The SMILES string of the molecule is C/C(=C\CS(=O)(=O)c1ccccc1)CC/C=C(\C)CCC1OC1(C)C. The van der Waals surface area contributed by atoms with Gasteiger partial charge in [-0.1, -0.05) is 41.5 Å². The van der Waals surface area contributed by atoms with Crippen LogP contribution in [0.5, 0.6) is 0 Å². The monoisotopic (exact) mass is 362 g/mol. The summed E-state index contributed by atoms with van der Waals surface area (Å²) in [5.74, 6) is 0.0691. The van der Waals surface area contributed by atoms with Crippen molar-refractivity contribution in [2.45, 2.75) is 70.0 Å². The number of sulfone groups is 1. The molecule has 1 fully saturated rings. The van der Waals surface area contributed by atoms with Crippen LogP contribution in [-0.2, 0) is 14.6 Å². The lowest BCUT2D eigenvalue weighted by atomic mass is 10.0. The van der Waals surface area contributed by atoms with E-state index in [1.54, 1.807) is 24.3 Å². The molecule has 1 unspecified atom stereocenters. The van der Waals surface area contributed by atoms with Crippen LogP contribution >= 0.6 is 0 Å². The van der Waals surface area contributed by atoms with E-state index in [2.05, 4.69) is 26.8 Å². The van der Waals surface area contributed by atoms with Gasteiger partial charge < -0.3 is 4.74 Å². The van der Waals surface area contributed by atoms with Crippen LogP contribution < -0.4 is 0 Å². The van der Waals surface area contributed by atoms with Gasteiger partial charge in [0.1, 0.15) is 0 Å². The molecule has 138 valence electrons. The van der Waals surface area contributed by atoms with Gasteiger partial charge in [0, 0.05) is 0 Å². The summed E-state index contributed by atoms with van der Waals surface area (Å²) in [5, 5.41) is 0. The minimum atomic E-state index is -3.22. The molecule has 1 aliphatic rings. The molecule has 0 aliphatic carbocycles. The van der Waals surface area contributed by atoms with E-state index in [-0.39, 0.29) is 11.4 Å². The predicted octanol–water partition coefficient (Wildman–Crippen LogP) is 5.09. The van der Waals surface area contributed by atoms with Crippen molar-refractivity contribution < 1.29 is 13.2 Å². The largest absolute Gasteiger partial charge is 0.367 e. The number of allylic oxidation sites excluding steroid dienone is 3. The van der Waals surface area contributed by atoms with E-state index in [0.717, 1.165) is 31.3 Å². The van der Waals surface area contributed by atoms with Crippen LogP contribution in [0.15, 0.2) is 58.5 Å². The highest BCUT2D eigenvalue weighted by Gasteiger charge is 2.46. The first-order chi connectivity index (χ1) is 11.7. The quantitative estimate of drug-likeness (QED) is 0.454. The number of ether oxygens (including phenoxy) is 1. The highest BCUT2D eigenvalue weighted by molar-refractivity contribution is 7.91. The number of rotatable bonds is 9. The molecule has 0 amide bonds. The summed E-state index contributed by atoms with van der Waals surface area (Å²) in [7, 11) is -3.22. The molecule has 1 heterocycles. The van der Waals surface area contributed by atoms with E-state index in [4.69, 9.17) is 4.74 Å². The second-order valence-corrected chi connectivity index (χ2v) is 9.52. The van der Waals surface area contributed by atoms with Gasteiger partial charge >= 0.3 is 0 Å². The maximum absolute atomic E-state index is 12.3. The Morgan fingerprint density at radius 1 is 1.08 bits per heavy atom. The van der Waals surface area contributed by atoms with E-state index < -0.39 is 9.84 Å². The molecule has 0 N–H and O–H groups in total. The highest BCUT2D eigenvalue weighted by Crippen LogP contribution is 2.38. The summed E-state index contributed by atoms with van der Waals surface area (Å²) < 4.78 is 30.1. The Kier molecular flexibility index (Phi) is 6.64. The van der Waals surface area contributed by atoms with Gasteiger partial charge in [-0.15, -0.1) is 0 Å². The predicted molar refractivity (Wildman–Crippen MR) is 103 cm³/mol. The summed E-state index contributed by atoms with van der Waals surface area (Å²) in [6.07, 6.45) is 8.51. The van der Waals surface area contributed by atoms with Crippen molar-refractivity contribution in [2.75, 3.05) is 5.75 Å². The first-order valence-electron chi connectivity index (χ1n) is 8.97. The molecule has 25 heavy (non-hydrogen) atoms. The van der Waals surface area contributed by atoms with Gasteiger partial charge in [0.05, 0.1) is 22.4 Å². The first-order valence-corrected chi connectivity index (χ1v) is 10.6. The molecule has 1 aromatic rings. The zero-order chi connectivity index (χ0) is 18.5. The van der Waals surface area contributed by atoms with E-state index in [9.17, 15) is 8.42 Å². The number of epoxide rings is 1. The third kappa shape index (κ3) is 6.44. The smallest absolute Gasteiger partial charge is 0.181 e. The second kappa shape index (κ2) is 8.33. The van der Waals surface area contributed by atoms with Crippen molar-refractivity contribution in [3.05, 3.63) is 53.6 Å². The molecule has 0 bridgehead atoms. The van der Waals surface area contributed by atoms with E-state index in [0.29, 0.717) is 11.0 Å². The van der Waals surface area contributed by atoms with Crippen LogP contribution in [0.4, 0.5) is 0 Å². The van der Waals surface area contributed by atoms with E-state index >= 15 is 0 Å². The van der Waals surface area contributed by atoms with Crippen LogP contribution in [0, 0.1) is 0 Å². The molecule has 2 rings (SSSR count). The van der Waals surface area contributed by atoms with Crippen LogP contribution in [0.2, 0.25) is 0 Å². The van der Waals surface area contributed by atoms with Gasteiger partial charge in [0.25, 0.3) is 0 Å². The Bertz CT molecular complexity index is 728. The second-order valence-electron chi connectivity index (χ2n) is 7.48. The summed E-state index contributed by atoms with van der Waals surface area (Å²) in [6.45, 7) is 8.43. The van der Waals surface area contributed by atoms with Crippen molar-refractivity contribution in [1.82, 2.24) is 0 Å². The van der Waals surface area contributed by atoms with Gasteiger partial charge in [-0.05, 0) is 65.5 Å². The summed E-state index contributed by atoms with van der Waals surface area (Å²) in [5.41, 5.74) is 2.58. The maximum Gasteiger partial charge on any atom is 0.181 e. The standard InChI is InChI=1S/C21H30O3S/c1-17(13-14-20-21(3,4)24-20)9-8-10-18(2)15-16-25(22,23)19-11-6-5-7-12-19/h5-7,9,11-12,15,20H,8,10,13-14,16H2,1-4H3/b17-9+,18-15+. The number of benzene rings is 1. The van der Waals surface area contributed by atoms with E-state index in [1.807, 2.05) is 19.1 Å². The molecule has 3 nitrogen and oxygen atoms in total. The molecular formula is C21H30O3S. The van der Waals surface area contributed by atoms with Crippen molar-refractivity contribution in [2.24, 2.45) is 0 Å². The fraction of sp³-hybridized carbons (Fsp3) is 0.524. The Morgan fingerprint density at radius 3 is 2.28 bits per heavy atom. The van der Waals surface area contributed by atoms with Crippen molar-refractivity contribution in [1.29, 1.82) is 0 Å². The molecule has 1 saturated heterocycles. The number of hydrogen-bond acceptors (Lipinski definition) is 3. The van der Waals surface area contributed by atoms with Gasteiger partial charge in [-0.25, -0.2) is 8.42 Å². The van der Waals surface area contributed by atoms with Gasteiger partial charge in [-0.3, -0.25) is 0 Å². The zero-order valence-electron chi connectivity index (χ0n) is 15.8. The molecule has 0 radical (unpaired) electrons. The summed E-state index contributed by atoms with van der Waals surface area (Å²) in [6, 6.07) is 8.63. The van der Waals surface area contributed by atoms with Crippen LogP contribution in [0.3, 0.4) is 0 Å². The Morgan fingerprint density at radius 2 is 1.68 bits per heavy atom. The summed E-state index contributed by atoms with van der Waals surface area (Å²) in [4.78, 5) is 0.389. The normalized spacial score (nSPS) is 20.6. The lowest BCUT2D eigenvalue weighted by molar-refractivity contribution is 0.320. The lowest BCUT2D eigenvalue weighted by Crippen LogP contribution is -2.04. The molecule has 1 aliphatic heterocycles. The van der Waals surface area contributed by atoms with Crippen LogP contribution in [0.1, 0.15) is 53.4 Å². The molecule has 0 aromatic heterocycles. The third-order valence-corrected chi connectivity index (χ3v) is 6.35. The Labute approximate surface area is 152 Å². The first kappa shape index (κ1) is 19.9. The maximum atomic E-state index is 12.3. The molecular weight excluding hydrogens is 332 g/mol. The molecule has 1 aromatic carbocycles. The molecule has 4 heteroatoms. The highest BCUT2D eigenvalue weighted by atomic mass is 32.2. The van der Waals surface area contributed by atoms with Crippen LogP contribution in [0.25, 0.3) is 0 Å². The van der Waals surface area contributed by atoms with Gasteiger partial charge in [-0.2, -0.15) is 0 Å². The van der Waals surface area contributed by atoms with Crippen molar-refractivity contribution in [3.63, 3.8) is 0 Å². The number of hydrogen-bond donors (Lipinski definition) is 0. The van der Waals surface area contributed by atoms with Gasteiger partial charge in [0.15, 0.2) is 9.84 Å². The summed E-state index contributed by atoms with van der Waals surface area (Å²) >= 11 is 0. The van der Waals surface area contributed by atoms with Crippen molar-refractivity contribution >= 4 is 9.84 Å². The minimum absolute atomic E-state index is 0.0691. The Balaban J connectivity index is 1.75. The van der Waals surface area contributed by atoms with Crippen molar-refractivity contribution in [3.8, 4) is 0 Å². The lowest BCUT2D eigenvalue weighted by Gasteiger charge is -2.04. The van der Waals surface area contributed by atoms with Crippen LogP contribution in [-0.4, -0.2) is 25.9 Å². The zero-order valence-corrected chi connectivity index (χ0v) is 16.6.